The van der Waals surface area contributed by atoms with E-state index in [1.54, 1.807) is 18.5 Å². The Balaban J connectivity index is 1.99. The van der Waals surface area contributed by atoms with Gasteiger partial charge in [0.1, 0.15) is 5.82 Å². The highest BCUT2D eigenvalue weighted by atomic mass is 35.5. The fraction of sp³-hybridized carbons (Fsp3) is 0.304. The summed E-state index contributed by atoms with van der Waals surface area (Å²) in [4.78, 5) is 8.75. The topological polar surface area (TPSA) is 49.8 Å². The number of rotatable bonds is 8. The van der Waals surface area contributed by atoms with Crippen LogP contribution < -0.4 is 10.6 Å². The van der Waals surface area contributed by atoms with Crippen molar-refractivity contribution in [3.8, 4) is 11.3 Å². The van der Waals surface area contributed by atoms with Crippen molar-refractivity contribution >= 4 is 23.0 Å². The molecule has 0 aliphatic carbocycles. The van der Waals surface area contributed by atoms with Crippen LogP contribution in [0.25, 0.3) is 11.3 Å². The lowest BCUT2D eigenvalue weighted by atomic mass is 10.0. The monoisotopic (exact) mass is 412 g/mol. The summed E-state index contributed by atoms with van der Waals surface area (Å²) in [5.74, 6) is -0.0923. The molecule has 2 aromatic heterocycles. The summed E-state index contributed by atoms with van der Waals surface area (Å²) in [6, 6.07) is 8.34. The average Bonchev–Trinajstić information content (AvgIpc) is 2.71. The van der Waals surface area contributed by atoms with Crippen LogP contribution in [0, 0.1) is 5.82 Å². The lowest BCUT2D eigenvalue weighted by Crippen LogP contribution is -2.15. The van der Waals surface area contributed by atoms with E-state index in [9.17, 15) is 4.39 Å². The van der Waals surface area contributed by atoms with Gasteiger partial charge in [-0.1, -0.05) is 32.4 Å². The summed E-state index contributed by atoms with van der Waals surface area (Å²) >= 11 is 6.08. The highest BCUT2D eigenvalue weighted by Crippen LogP contribution is 2.33. The highest BCUT2D eigenvalue weighted by Gasteiger charge is 2.14. The Morgan fingerprint density at radius 2 is 1.93 bits per heavy atom. The minimum atomic E-state index is -0.349. The molecule has 0 unspecified atom stereocenters. The van der Waals surface area contributed by atoms with Gasteiger partial charge in [0, 0.05) is 52.7 Å². The van der Waals surface area contributed by atoms with E-state index in [1.165, 1.54) is 12.1 Å². The Kier molecular flexibility index (Phi) is 7.18. The third-order valence-corrected chi connectivity index (χ3v) is 4.91. The highest BCUT2D eigenvalue weighted by molar-refractivity contribution is 6.30. The lowest BCUT2D eigenvalue weighted by Gasteiger charge is -2.18. The Bertz CT molecular complexity index is 975. The van der Waals surface area contributed by atoms with E-state index >= 15 is 0 Å². The number of hydrogen-bond acceptors (Lipinski definition) is 4. The second kappa shape index (κ2) is 9.81. The van der Waals surface area contributed by atoms with Crippen LogP contribution in [0.2, 0.25) is 5.02 Å². The number of pyridine rings is 2. The molecule has 4 nitrogen and oxygen atoms in total. The molecule has 0 aliphatic rings. The number of anilines is 2. The second-order valence-corrected chi connectivity index (χ2v) is 7.71. The maximum atomic E-state index is 14.4. The van der Waals surface area contributed by atoms with Crippen molar-refractivity contribution in [1.82, 2.24) is 15.3 Å². The van der Waals surface area contributed by atoms with Crippen LogP contribution in [-0.4, -0.2) is 16.5 Å². The van der Waals surface area contributed by atoms with Crippen molar-refractivity contribution in [3.63, 3.8) is 0 Å². The van der Waals surface area contributed by atoms with Gasteiger partial charge in [-0.2, -0.15) is 0 Å². The minimum absolute atomic E-state index is 0.256. The molecule has 0 spiro atoms. The molecule has 3 rings (SSSR count). The molecular formula is C23H26ClFN4. The first-order valence-corrected chi connectivity index (χ1v) is 10.2. The van der Waals surface area contributed by atoms with Gasteiger partial charge in [-0.3, -0.25) is 9.97 Å². The summed E-state index contributed by atoms with van der Waals surface area (Å²) in [5, 5.41) is 7.40. The van der Waals surface area contributed by atoms with Gasteiger partial charge in [-0.05, 0) is 54.8 Å². The first-order chi connectivity index (χ1) is 14.0. The van der Waals surface area contributed by atoms with Crippen LogP contribution in [0.1, 0.15) is 44.2 Å². The van der Waals surface area contributed by atoms with Crippen molar-refractivity contribution in [2.24, 2.45) is 0 Å². The molecule has 0 saturated heterocycles. The maximum Gasteiger partial charge on any atom is 0.132 e. The normalized spacial score (nSPS) is 11.1. The molecule has 6 heteroatoms. The molecule has 0 atom stereocenters. The van der Waals surface area contributed by atoms with Crippen LogP contribution in [0.15, 0.2) is 48.9 Å². The summed E-state index contributed by atoms with van der Waals surface area (Å²) in [6.07, 6.45) is 6.50. The first-order valence-electron chi connectivity index (χ1n) is 9.85. The molecule has 2 N–H and O–H groups in total. The van der Waals surface area contributed by atoms with Gasteiger partial charge in [-0.15, -0.1) is 0 Å². The van der Waals surface area contributed by atoms with Gasteiger partial charge in [0.2, 0.25) is 0 Å². The largest absolute Gasteiger partial charge is 0.355 e. The van der Waals surface area contributed by atoms with Gasteiger partial charge < -0.3 is 10.6 Å². The summed E-state index contributed by atoms with van der Waals surface area (Å²) < 4.78 is 14.4. The van der Waals surface area contributed by atoms with E-state index in [-0.39, 0.29) is 11.7 Å². The lowest BCUT2D eigenvalue weighted by molar-refractivity contribution is 0.630. The van der Waals surface area contributed by atoms with Gasteiger partial charge >= 0.3 is 0 Å². The fourth-order valence-corrected chi connectivity index (χ4v) is 3.28. The van der Waals surface area contributed by atoms with Crippen LogP contribution in [-0.2, 0) is 6.54 Å². The Hall–Kier alpha value is -2.50. The minimum Gasteiger partial charge on any atom is -0.355 e. The van der Waals surface area contributed by atoms with Crippen molar-refractivity contribution < 1.29 is 4.39 Å². The van der Waals surface area contributed by atoms with E-state index in [1.807, 2.05) is 18.3 Å². The number of nitrogens with zero attached hydrogens (tertiary/aromatic N) is 2. The number of aromatic nitrogens is 2. The van der Waals surface area contributed by atoms with Crippen molar-refractivity contribution in [2.45, 2.75) is 39.7 Å². The number of benzene rings is 1. The van der Waals surface area contributed by atoms with Gasteiger partial charge in [-0.25, -0.2) is 4.39 Å². The molecule has 0 amide bonds. The number of nitrogens with one attached hydrogen (secondary N) is 2. The van der Waals surface area contributed by atoms with Crippen molar-refractivity contribution in [3.05, 3.63) is 70.9 Å². The third kappa shape index (κ3) is 5.31. The van der Waals surface area contributed by atoms with E-state index in [2.05, 4.69) is 41.4 Å². The molecule has 1 aromatic carbocycles. The Morgan fingerprint density at radius 3 is 2.69 bits per heavy atom. The van der Waals surface area contributed by atoms with Crippen LogP contribution >= 0.6 is 11.6 Å². The molecule has 0 fully saturated rings. The number of hydrogen-bond donors (Lipinski definition) is 2. The van der Waals surface area contributed by atoms with Crippen LogP contribution in [0.3, 0.4) is 0 Å². The average molecular weight is 413 g/mol. The molecule has 152 valence electrons. The van der Waals surface area contributed by atoms with E-state index < -0.39 is 0 Å². The maximum absolute atomic E-state index is 14.4. The predicted molar refractivity (Wildman–Crippen MR) is 118 cm³/mol. The Labute approximate surface area is 176 Å². The summed E-state index contributed by atoms with van der Waals surface area (Å²) in [5.41, 5.74) is 4.91. The molecule has 0 saturated carbocycles. The van der Waals surface area contributed by atoms with E-state index in [4.69, 9.17) is 11.6 Å². The quantitative estimate of drug-likeness (QED) is 0.426. The molecule has 0 aliphatic heterocycles. The smallest absolute Gasteiger partial charge is 0.132 e. The zero-order valence-electron chi connectivity index (χ0n) is 17.0. The van der Waals surface area contributed by atoms with Gasteiger partial charge in [0.25, 0.3) is 0 Å². The molecule has 2 heterocycles. The third-order valence-electron chi connectivity index (χ3n) is 4.68. The van der Waals surface area contributed by atoms with Crippen molar-refractivity contribution in [2.75, 3.05) is 11.9 Å². The SMILES string of the molecule is CCCNCc1cnccc1Nc1cc(-c2cc(Cl)ccc2F)ncc1C(C)C. The second-order valence-electron chi connectivity index (χ2n) is 7.27. The molecule has 29 heavy (non-hydrogen) atoms. The summed E-state index contributed by atoms with van der Waals surface area (Å²) in [7, 11) is 0. The summed E-state index contributed by atoms with van der Waals surface area (Å²) in [6.45, 7) is 8.02. The van der Waals surface area contributed by atoms with Crippen molar-refractivity contribution in [1.29, 1.82) is 0 Å². The van der Waals surface area contributed by atoms with Gasteiger partial charge in [0.15, 0.2) is 0 Å². The van der Waals surface area contributed by atoms with E-state index in [0.29, 0.717) is 16.3 Å². The molecule has 0 bridgehead atoms. The number of halogens is 2. The zero-order chi connectivity index (χ0) is 20.8. The zero-order valence-corrected chi connectivity index (χ0v) is 17.7. The first kappa shape index (κ1) is 21.2. The van der Waals surface area contributed by atoms with Gasteiger partial charge in [0.05, 0.1) is 5.69 Å². The molecular weight excluding hydrogens is 387 g/mol. The fourth-order valence-electron chi connectivity index (χ4n) is 3.11. The van der Waals surface area contributed by atoms with E-state index in [0.717, 1.165) is 42.0 Å². The predicted octanol–water partition coefficient (Wildman–Crippen LogP) is 6.30. The molecule has 3 aromatic rings. The van der Waals surface area contributed by atoms with Crippen LogP contribution in [0.5, 0.6) is 0 Å². The standard InChI is InChI=1S/C23H26ClFN4/c1-4-8-26-12-16-13-27-9-7-21(16)29-23-11-22(28-14-19(23)15(2)3)18-10-17(24)5-6-20(18)25/h5-7,9-11,13-15,26H,4,8,12H2,1-3H3,(H,27,28,29). The van der Waals surface area contributed by atoms with Crippen LogP contribution in [0.4, 0.5) is 15.8 Å². The molecule has 0 radical (unpaired) electrons. The Morgan fingerprint density at radius 1 is 1.10 bits per heavy atom.